The van der Waals surface area contributed by atoms with Gasteiger partial charge >= 0.3 is 5.97 Å². The molecule has 0 radical (unpaired) electrons. The highest BCUT2D eigenvalue weighted by molar-refractivity contribution is 8.14. The molecular weight excluding hydrogens is 248 g/mol. The van der Waals surface area contributed by atoms with E-state index in [0.717, 1.165) is 32.1 Å². The average Bonchev–Trinajstić information content (AvgIpc) is 2.29. The van der Waals surface area contributed by atoms with Crippen molar-refractivity contribution in [2.45, 2.75) is 71.0 Å². The zero-order valence-corrected chi connectivity index (χ0v) is 12.7. The van der Waals surface area contributed by atoms with E-state index in [1.165, 1.54) is 11.8 Å². The van der Waals surface area contributed by atoms with Crippen LogP contribution in [0.15, 0.2) is 0 Å². The van der Waals surface area contributed by atoms with Gasteiger partial charge in [0, 0.05) is 18.1 Å². The van der Waals surface area contributed by atoms with Gasteiger partial charge in [0.15, 0.2) is 5.12 Å². The van der Waals surface area contributed by atoms with Crippen LogP contribution in [-0.4, -0.2) is 22.9 Å². The molecule has 3 nitrogen and oxygen atoms in total. The summed E-state index contributed by atoms with van der Waals surface area (Å²) in [6.07, 6.45) is 5.69. The molecule has 0 bridgehead atoms. The van der Waals surface area contributed by atoms with Gasteiger partial charge in [0.25, 0.3) is 0 Å². The topological polar surface area (TPSA) is 43.4 Å². The van der Waals surface area contributed by atoms with E-state index in [9.17, 15) is 9.59 Å². The van der Waals surface area contributed by atoms with Crippen molar-refractivity contribution in [3.05, 3.63) is 0 Å². The molecule has 0 heterocycles. The molecule has 0 saturated heterocycles. The van der Waals surface area contributed by atoms with Crippen LogP contribution in [-0.2, 0) is 14.3 Å². The van der Waals surface area contributed by atoms with Crippen molar-refractivity contribution in [1.29, 1.82) is 0 Å². The first-order chi connectivity index (χ1) is 8.63. The maximum atomic E-state index is 11.6. The van der Waals surface area contributed by atoms with Gasteiger partial charge in [-0.2, -0.15) is 0 Å². The Hall–Kier alpha value is -0.510. The highest BCUT2D eigenvalue weighted by Crippen LogP contribution is 2.22. The van der Waals surface area contributed by atoms with E-state index < -0.39 is 0 Å². The summed E-state index contributed by atoms with van der Waals surface area (Å²) in [4.78, 5) is 22.8. The Morgan fingerprint density at radius 2 is 1.67 bits per heavy atom. The fraction of sp³-hybridized carbons (Fsp3) is 0.857. The van der Waals surface area contributed by atoms with E-state index in [-0.39, 0.29) is 11.1 Å². The van der Waals surface area contributed by atoms with Gasteiger partial charge in [-0.3, -0.25) is 9.59 Å². The van der Waals surface area contributed by atoms with Gasteiger partial charge < -0.3 is 4.74 Å². The quantitative estimate of drug-likeness (QED) is 0.566. The number of esters is 1. The lowest BCUT2D eigenvalue weighted by atomic mass is 10.2. The van der Waals surface area contributed by atoms with Gasteiger partial charge in [-0.05, 0) is 25.7 Å². The molecule has 0 fully saturated rings. The first-order valence-electron chi connectivity index (χ1n) is 6.99. The fourth-order valence-corrected chi connectivity index (χ4v) is 2.87. The number of hydrogen-bond donors (Lipinski definition) is 0. The van der Waals surface area contributed by atoms with E-state index in [2.05, 4.69) is 6.92 Å². The maximum Gasteiger partial charge on any atom is 0.305 e. The number of thioether (sulfide) groups is 1. The van der Waals surface area contributed by atoms with Gasteiger partial charge in [-0.1, -0.05) is 39.0 Å². The minimum Gasteiger partial charge on any atom is -0.466 e. The van der Waals surface area contributed by atoms with E-state index in [0.29, 0.717) is 24.7 Å². The molecule has 0 aliphatic rings. The Morgan fingerprint density at radius 1 is 1.00 bits per heavy atom. The van der Waals surface area contributed by atoms with Crippen LogP contribution in [0.4, 0.5) is 0 Å². The minimum absolute atomic E-state index is 0.127. The van der Waals surface area contributed by atoms with Crippen molar-refractivity contribution >= 4 is 22.8 Å². The maximum absolute atomic E-state index is 11.6. The van der Waals surface area contributed by atoms with Crippen LogP contribution in [0.3, 0.4) is 0 Å². The SMILES string of the molecule is CCCC(=O)OCCC(CCC)SC(=O)CCC. The molecule has 0 aromatic heterocycles. The summed E-state index contributed by atoms with van der Waals surface area (Å²) in [7, 11) is 0. The second-order valence-corrected chi connectivity index (χ2v) is 5.77. The Balaban J connectivity index is 3.88. The summed E-state index contributed by atoms with van der Waals surface area (Å²) in [5.74, 6) is -0.127. The summed E-state index contributed by atoms with van der Waals surface area (Å²) in [6.45, 7) is 6.52. The highest BCUT2D eigenvalue weighted by Gasteiger charge is 2.14. The molecule has 0 N–H and O–H groups in total. The molecule has 0 saturated carbocycles. The molecular formula is C14H26O3S. The number of carbonyl (C=O) groups is 2. The molecule has 0 aromatic rings. The third-order valence-electron chi connectivity index (χ3n) is 2.52. The zero-order chi connectivity index (χ0) is 13.8. The summed E-state index contributed by atoms with van der Waals surface area (Å²) >= 11 is 1.43. The summed E-state index contributed by atoms with van der Waals surface area (Å²) in [5, 5.41) is 0.555. The average molecular weight is 274 g/mol. The van der Waals surface area contributed by atoms with Crippen molar-refractivity contribution < 1.29 is 14.3 Å². The lowest BCUT2D eigenvalue weighted by Crippen LogP contribution is -2.13. The van der Waals surface area contributed by atoms with Crippen LogP contribution in [0.1, 0.15) is 65.7 Å². The highest BCUT2D eigenvalue weighted by atomic mass is 32.2. The molecule has 1 atom stereocenters. The molecule has 0 rings (SSSR count). The first-order valence-corrected chi connectivity index (χ1v) is 7.87. The van der Waals surface area contributed by atoms with Crippen LogP contribution in [0.25, 0.3) is 0 Å². The van der Waals surface area contributed by atoms with Crippen molar-refractivity contribution in [2.75, 3.05) is 6.61 Å². The minimum atomic E-state index is -0.127. The van der Waals surface area contributed by atoms with E-state index in [4.69, 9.17) is 4.74 Å². The van der Waals surface area contributed by atoms with Crippen LogP contribution in [0, 0.1) is 0 Å². The van der Waals surface area contributed by atoms with Crippen LogP contribution in [0.2, 0.25) is 0 Å². The Labute approximate surface area is 115 Å². The molecule has 0 aliphatic heterocycles. The van der Waals surface area contributed by atoms with Gasteiger partial charge in [0.2, 0.25) is 0 Å². The molecule has 106 valence electrons. The van der Waals surface area contributed by atoms with E-state index in [1.807, 2.05) is 13.8 Å². The third kappa shape index (κ3) is 9.51. The van der Waals surface area contributed by atoms with Crippen LogP contribution in [0.5, 0.6) is 0 Å². The van der Waals surface area contributed by atoms with Gasteiger partial charge in [-0.25, -0.2) is 0 Å². The molecule has 4 heteroatoms. The van der Waals surface area contributed by atoms with Gasteiger partial charge in [0.1, 0.15) is 0 Å². The second kappa shape index (κ2) is 11.6. The largest absolute Gasteiger partial charge is 0.466 e. The van der Waals surface area contributed by atoms with Crippen LogP contribution < -0.4 is 0 Å². The Bertz CT molecular complexity index is 241. The smallest absolute Gasteiger partial charge is 0.305 e. The Kier molecular flexibility index (Phi) is 11.2. The predicted molar refractivity (Wildman–Crippen MR) is 76.7 cm³/mol. The standard InChI is InChI=1S/C14H26O3S/c1-4-7-12(18-14(16)9-6-3)10-11-17-13(15)8-5-2/h12H,4-11H2,1-3H3. The lowest BCUT2D eigenvalue weighted by molar-refractivity contribution is -0.143. The molecule has 18 heavy (non-hydrogen) atoms. The molecule has 0 amide bonds. The second-order valence-electron chi connectivity index (χ2n) is 4.41. The zero-order valence-electron chi connectivity index (χ0n) is 11.9. The lowest BCUT2D eigenvalue weighted by Gasteiger charge is -2.14. The number of ether oxygens (including phenoxy) is 1. The molecule has 0 aromatic carbocycles. The number of carbonyl (C=O) groups excluding carboxylic acids is 2. The van der Waals surface area contributed by atoms with Crippen molar-refractivity contribution in [1.82, 2.24) is 0 Å². The molecule has 1 unspecified atom stereocenters. The molecule has 0 aliphatic carbocycles. The van der Waals surface area contributed by atoms with Crippen LogP contribution >= 0.6 is 11.8 Å². The van der Waals surface area contributed by atoms with Gasteiger partial charge in [-0.15, -0.1) is 0 Å². The molecule has 0 spiro atoms. The predicted octanol–water partition coefficient (Wildman–Crippen LogP) is 3.95. The van der Waals surface area contributed by atoms with Crippen molar-refractivity contribution in [3.63, 3.8) is 0 Å². The van der Waals surface area contributed by atoms with E-state index in [1.54, 1.807) is 0 Å². The summed E-state index contributed by atoms with van der Waals surface area (Å²) in [5.41, 5.74) is 0. The van der Waals surface area contributed by atoms with E-state index >= 15 is 0 Å². The Morgan fingerprint density at radius 3 is 2.22 bits per heavy atom. The summed E-state index contributed by atoms with van der Waals surface area (Å²) < 4.78 is 5.14. The third-order valence-corrected chi connectivity index (χ3v) is 3.79. The summed E-state index contributed by atoms with van der Waals surface area (Å²) in [6, 6.07) is 0. The first kappa shape index (κ1) is 17.5. The normalized spacial score (nSPS) is 12.2. The van der Waals surface area contributed by atoms with Crippen molar-refractivity contribution in [2.24, 2.45) is 0 Å². The van der Waals surface area contributed by atoms with Crippen molar-refractivity contribution in [3.8, 4) is 0 Å². The number of hydrogen-bond acceptors (Lipinski definition) is 4. The van der Waals surface area contributed by atoms with Gasteiger partial charge in [0.05, 0.1) is 6.61 Å². The number of rotatable bonds is 10. The fourth-order valence-electron chi connectivity index (χ4n) is 1.61. The monoisotopic (exact) mass is 274 g/mol.